The molecule has 5 heteroatoms. The fourth-order valence-corrected chi connectivity index (χ4v) is 2.00. The van der Waals surface area contributed by atoms with Gasteiger partial charge in [-0.05, 0) is 40.2 Å². The average Bonchev–Trinajstić information content (AvgIpc) is 2.57. The molecule has 0 aliphatic carbocycles. The smallest absolute Gasteiger partial charge is 0.491 e. The maximum absolute atomic E-state index is 14.5. The molecule has 1 aromatic carbocycles. The molecule has 110 valence electrons. The Morgan fingerprint density at radius 2 is 1.75 bits per heavy atom. The van der Waals surface area contributed by atoms with Crippen molar-refractivity contribution in [1.82, 2.24) is 0 Å². The summed E-state index contributed by atoms with van der Waals surface area (Å²) in [5.41, 5.74) is -0.577. The van der Waals surface area contributed by atoms with Crippen molar-refractivity contribution in [3.8, 4) is 5.75 Å². The molecule has 1 aromatic rings. The van der Waals surface area contributed by atoms with Crippen LogP contribution in [0.4, 0.5) is 4.39 Å². The van der Waals surface area contributed by atoms with Gasteiger partial charge in [0.1, 0.15) is 0 Å². The lowest BCUT2D eigenvalue weighted by Crippen LogP contribution is -2.41. The van der Waals surface area contributed by atoms with Crippen LogP contribution in [-0.2, 0) is 9.31 Å². The summed E-state index contributed by atoms with van der Waals surface area (Å²) in [6, 6.07) is 5.06. The molecule has 1 aliphatic rings. The van der Waals surface area contributed by atoms with Crippen LogP contribution in [0.2, 0.25) is 0 Å². The Morgan fingerprint density at radius 1 is 1.15 bits per heavy atom. The van der Waals surface area contributed by atoms with Gasteiger partial charge < -0.3 is 14.0 Å². The van der Waals surface area contributed by atoms with E-state index in [0.29, 0.717) is 12.1 Å². The number of hydrogen-bond donors (Lipinski definition) is 0. The van der Waals surface area contributed by atoms with Gasteiger partial charge in [-0.1, -0.05) is 19.1 Å². The van der Waals surface area contributed by atoms with Crippen molar-refractivity contribution in [2.45, 2.75) is 52.2 Å². The van der Waals surface area contributed by atoms with Gasteiger partial charge in [-0.25, -0.2) is 4.39 Å². The Kier molecular flexibility index (Phi) is 4.12. The molecule has 1 heterocycles. The maximum atomic E-state index is 14.5. The van der Waals surface area contributed by atoms with E-state index in [1.807, 2.05) is 34.6 Å². The van der Waals surface area contributed by atoms with E-state index in [4.69, 9.17) is 14.0 Å². The van der Waals surface area contributed by atoms with Gasteiger partial charge in [-0.3, -0.25) is 0 Å². The summed E-state index contributed by atoms with van der Waals surface area (Å²) in [5, 5.41) is 0. The van der Waals surface area contributed by atoms with Gasteiger partial charge in [0.25, 0.3) is 0 Å². The van der Waals surface area contributed by atoms with E-state index >= 15 is 0 Å². The lowest BCUT2D eigenvalue weighted by Gasteiger charge is -2.32. The third-order valence-corrected chi connectivity index (χ3v) is 3.96. The monoisotopic (exact) mass is 280 g/mol. The van der Waals surface area contributed by atoms with Crippen LogP contribution in [0.15, 0.2) is 18.2 Å². The van der Waals surface area contributed by atoms with Gasteiger partial charge >= 0.3 is 7.12 Å². The van der Waals surface area contributed by atoms with Crippen LogP contribution >= 0.6 is 0 Å². The second-order valence-electron chi connectivity index (χ2n) is 6.10. The molecule has 1 fully saturated rings. The molecule has 0 N–H and O–H groups in total. The first-order valence-electron chi connectivity index (χ1n) is 7.05. The van der Waals surface area contributed by atoms with Crippen LogP contribution in [-0.4, -0.2) is 24.9 Å². The predicted octanol–water partition coefficient (Wildman–Crippen LogP) is 2.91. The molecule has 0 aromatic heterocycles. The number of benzene rings is 1. The number of halogens is 1. The number of rotatable bonds is 4. The van der Waals surface area contributed by atoms with Gasteiger partial charge in [0.2, 0.25) is 0 Å². The summed E-state index contributed by atoms with van der Waals surface area (Å²) in [5.74, 6) is -0.154. The Bertz CT molecular complexity index is 472. The van der Waals surface area contributed by atoms with E-state index in [1.54, 1.807) is 18.2 Å². The second kappa shape index (κ2) is 5.37. The highest BCUT2D eigenvalue weighted by molar-refractivity contribution is 6.62. The van der Waals surface area contributed by atoms with Gasteiger partial charge in [-0.2, -0.15) is 0 Å². The molecule has 0 saturated carbocycles. The van der Waals surface area contributed by atoms with Crippen LogP contribution in [0.3, 0.4) is 0 Å². The summed E-state index contributed by atoms with van der Waals surface area (Å²) < 4.78 is 31.6. The summed E-state index contributed by atoms with van der Waals surface area (Å²) in [6.45, 7) is 10.3. The van der Waals surface area contributed by atoms with E-state index in [0.717, 1.165) is 6.42 Å². The molecule has 0 atom stereocenters. The molecule has 2 rings (SSSR count). The number of ether oxygens (including phenoxy) is 1. The van der Waals surface area contributed by atoms with E-state index in [2.05, 4.69) is 0 Å². The molecule has 1 aliphatic heterocycles. The molecule has 0 spiro atoms. The lowest BCUT2D eigenvalue weighted by atomic mass is 9.78. The molecule has 0 bridgehead atoms. The quantitative estimate of drug-likeness (QED) is 0.794. The van der Waals surface area contributed by atoms with Crippen LogP contribution < -0.4 is 10.2 Å². The normalized spacial score (nSPS) is 20.2. The maximum Gasteiger partial charge on any atom is 0.497 e. The zero-order valence-electron chi connectivity index (χ0n) is 12.8. The van der Waals surface area contributed by atoms with Crippen molar-refractivity contribution in [2.24, 2.45) is 0 Å². The van der Waals surface area contributed by atoms with E-state index in [1.165, 1.54) is 0 Å². The van der Waals surface area contributed by atoms with Gasteiger partial charge in [0, 0.05) is 5.46 Å². The molecule has 0 unspecified atom stereocenters. The van der Waals surface area contributed by atoms with Crippen LogP contribution in [0.1, 0.15) is 41.0 Å². The summed E-state index contributed by atoms with van der Waals surface area (Å²) in [6.07, 6.45) is 0.833. The number of hydrogen-bond acceptors (Lipinski definition) is 3. The van der Waals surface area contributed by atoms with Gasteiger partial charge in [-0.15, -0.1) is 0 Å². The van der Waals surface area contributed by atoms with Crippen molar-refractivity contribution in [1.29, 1.82) is 0 Å². The van der Waals surface area contributed by atoms with Crippen LogP contribution in [0, 0.1) is 5.82 Å². The summed E-state index contributed by atoms with van der Waals surface area (Å²) in [4.78, 5) is 0. The fraction of sp³-hybridized carbons (Fsp3) is 0.600. The predicted molar refractivity (Wildman–Crippen MR) is 77.9 cm³/mol. The Hall–Kier alpha value is -1.07. The molecule has 3 nitrogen and oxygen atoms in total. The largest absolute Gasteiger partial charge is 0.497 e. The Balaban J connectivity index is 2.26. The first-order chi connectivity index (χ1) is 9.28. The second-order valence-corrected chi connectivity index (χ2v) is 6.10. The van der Waals surface area contributed by atoms with E-state index < -0.39 is 24.1 Å². The van der Waals surface area contributed by atoms with Crippen molar-refractivity contribution < 1.29 is 18.4 Å². The lowest BCUT2D eigenvalue weighted by molar-refractivity contribution is 0.00578. The SMILES string of the molecule is CCCOc1cccc(B2OC(C)(C)C(C)(C)O2)c1F. The van der Waals surface area contributed by atoms with Crippen LogP contribution in [0.5, 0.6) is 5.75 Å². The molecule has 1 saturated heterocycles. The molecular weight excluding hydrogens is 258 g/mol. The first kappa shape index (κ1) is 15.3. The van der Waals surface area contributed by atoms with Crippen molar-refractivity contribution in [2.75, 3.05) is 6.61 Å². The minimum Gasteiger partial charge on any atom is -0.491 e. The molecule has 0 radical (unpaired) electrons. The van der Waals surface area contributed by atoms with Gasteiger partial charge in [0.15, 0.2) is 11.6 Å². The Morgan fingerprint density at radius 3 is 2.30 bits per heavy atom. The van der Waals surface area contributed by atoms with Crippen molar-refractivity contribution in [3.63, 3.8) is 0 Å². The third-order valence-electron chi connectivity index (χ3n) is 3.96. The standard InChI is InChI=1S/C15H22BFO3/c1-6-10-18-12-9-7-8-11(13(12)17)16-19-14(2,3)15(4,5)20-16/h7-9H,6,10H2,1-5H3. The zero-order valence-corrected chi connectivity index (χ0v) is 12.8. The third kappa shape index (κ3) is 2.70. The highest BCUT2D eigenvalue weighted by Crippen LogP contribution is 2.36. The molecular formula is C15H22BFO3. The molecule has 20 heavy (non-hydrogen) atoms. The zero-order chi connectivity index (χ0) is 15.0. The van der Waals surface area contributed by atoms with Crippen LogP contribution in [0.25, 0.3) is 0 Å². The average molecular weight is 280 g/mol. The summed E-state index contributed by atoms with van der Waals surface area (Å²) in [7, 11) is -0.704. The highest BCUT2D eigenvalue weighted by atomic mass is 19.1. The minimum absolute atomic E-state index is 0.249. The first-order valence-corrected chi connectivity index (χ1v) is 7.05. The van der Waals surface area contributed by atoms with Gasteiger partial charge in [0.05, 0.1) is 17.8 Å². The fourth-order valence-electron chi connectivity index (χ4n) is 2.00. The van der Waals surface area contributed by atoms with E-state index in [-0.39, 0.29) is 5.75 Å². The molecule has 0 amide bonds. The highest BCUT2D eigenvalue weighted by Gasteiger charge is 2.52. The van der Waals surface area contributed by atoms with Crippen molar-refractivity contribution in [3.05, 3.63) is 24.0 Å². The minimum atomic E-state index is -0.704. The Labute approximate surface area is 120 Å². The van der Waals surface area contributed by atoms with E-state index in [9.17, 15) is 4.39 Å². The topological polar surface area (TPSA) is 27.7 Å². The summed E-state index contributed by atoms with van der Waals surface area (Å²) >= 11 is 0. The van der Waals surface area contributed by atoms with Crippen molar-refractivity contribution >= 4 is 12.6 Å².